The minimum Gasteiger partial charge on any atom is -0.480 e. The predicted octanol–water partition coefficient (Wildman–Crippen LogP) is 1.99. The quantitative estimate of drug-likeness (QED) is 0.773. The fraction of sp³-hybridized carbons (Fsp3) is 0.333. The molecule has 0 aliphatic rings. The molecule has 1 N–H and O–H groups in total. The van der Waals surface area contributed by atoms with E-state index in [1.54, 1.807) is 18.4 Å². The van der Waals surface area contributed by atoms with Crippen LogP contribution in [0.5, 0.6) is 5.88 Å². The molecule has 3 heterocycles. The number of nitrogens with zero attached hydrogens (tertiary/aromatic N) is 3. The highest BCUT2D eigenvalue weighted by molar-refractivity contribution is 7.15. The SMILES string of the molecule is COc1nc2sccn2c1CNCc1cc(C)no1. The molecule has 0 unspecified atom stereocenters. The van der Waals surface area contributed by atoms with E-state index in [0.717, 1.165) is 22.1 Å². The second kappa shape index (κ2) is 5.02. The van der Waals surface area contributed by atoms with Crippen LogP contribution >= 0.6 is 11.3 Å². The lowest BCUT2D eigenvalue weighted by Gasteiger charge is -2.03. The third kappa shape index (κ3) is 2.34. The molecule has 100 valence electrons. The summed E-state index contributed by atoms with van der Waals surface area (Å²) >= 11 is 1.59. The number of aromatic nitrogens is 3. The monoisotopic (exact) mass is 278 g/mol. The average Bonchev–Trinajstić information content (AvgIpc) is 3.06. The van der Waals surface area contributed by atoms with E-state index in [4.69, 9.17) is 9.26 Å². The van der Waals surface area contributed by atoms with Gasteiger partial charge in [-0.2, -0.15) is 4.98 Å². The van der Waals surface area contributed by atoms with Crippen LogP contribution in [0.1, 0.15) is 17.1 Å². The number of rotatable bonds is 5. The summed E-state index contributed by atoms with van der Waals surface area (Å²) in [5, 5.41) is 9.16. The van der Waals surface area contributed by atoms with Crippen molar-refractivity contribution in [3.05, 3.63) is 34.8 Å². The summed E-state index contributed by atoms with van der Waals surface area (Å²) in [6.07, 6.45) is 1.99. The van der Waals surface area contributed by atoms with E-state index >= 15 is 0 Å². The summed E-state index contributed by atoms with van der Waals surface area (Å²) in [5.74, 6) is 1.48. The van der Waals surface area contributed by atoms with Crippen LogP contribution in [0.4, 0.5) is 0 Å². The Hall–Kier alpha value is -1.86. The van der Waals surface area contributed by atoms with Crippen LogP contribution in [-0.2, 0) is 13.1 Å². The number of nitrogens with one attached hydrogen (secondary N) is 1. The predicted molar refractivity (Wildman–Crippen MR) is 71.4 cm³/mol. The van der Waals surface area contributed by atoms with Crippen LogP contribution < -0.4 is 10.1 Å². The second-order valence-electron chi connectivity index (χ2n) is 4.16. The van der Waals surface area contributed by atoms with Crippen LogP contribution in [0.2, 0.25) is 0 Å². The van der Waals surface area contributed by atoms with Crippen molar-refractivity contribution in [3.8, 4) is 5.88 Å². The van der Waals surface area contributed by atoms with Gasteiger partial charge in [0.1, 0.15) is 5.69 Å². The highest BCUT2D eigenvalue weighted by Gasteiger charge is 2.13. The zero-order valence-electron chi connectivity index (χ0n) is 10.7. The number of imidazole rings is 1. The first-order chi connectivity index (χ1) is 9.28. The standard InChI is InChI=1S/C12H14N4O2S/c1-8-5-9(18-15-8)6-13-7-10-11(17-2)14-12-16(10)3-4-19-12/h3-5,13H,6-7H2,1-2H3. The van der Waals surface area contributed by atoms with Gasteiger partial charge in [-0.15, -0.1) is 11.3 Å². The summed E-state index contributed by atoms with van der Waals surface area (Å²) in [5.41, 5.74) is 1.90. The number of aryl methyl sites for hydroxylation is 1. The number of hydrogen-bond acceptors (Lipinski definition) is 6. The molecule has 19 heavy (non-hydrogen) atoms. The Morgan fingerprint density at radius 3 is 3.11 bits per heavy atom. The van der Waals surface area contributed by atoms with Crippen molar-refractivity contribution in [1.82, 2.24) is 19.9 Å². The van der Waals surface area contributed by atoms with Crippen molar-refractivity contribution in [1.29, 1.82) is 0 Å². The molecule has 6 nitrogen and oxygen atoms in total. The molecule has 0 saturated carbocycles. The zero-order valence-corrected chi connectivity index (χ0v) is 11.5. The van der Waals surface area contributed by atoms with Crippen molar-refractivity contribution in [3.63, 3.8) is 0 Å². The lowest BCUT2D eigenvalue weighted by Crippen LogP contribution is -2.14. The third-order valence-electron chi connectivity index (χ3n) is 2.79. The van der Waals surface area contributed by atoms with Gasteiger partial charge in [0.15, 0.2) is 10.7 Å². The normalized spacial score (nSPS) is 11.3. The summed E-state index contributed by atoms with van der Waals surface area (Å²) in [4.78, 5) is 5.34. The van der Waals surface area contributed by atoms with E-state index in [1.807, 2.05) is 29.0 Å². The minimum atomic E-state index is 0.626. The molecule has 0 atom stereocenters. The van der Waals surface area contributed by atoms with E-state index in [-0.39, 0.29) is 0 Å². The van der Waals surface area contributed by atoms with E-state index in [0.29, 0.717) is 19.0 Å². The van der Waals surface area contributed by atoms with Crippen molar-refractivity contribution in [2.75, 3.05) is 7.11 Å². The summed E-state index contributed by atoms with van der Waals surface area (Å²) in [6.45, 7) is 3.18. The average molecular weight is 278 g/mol. The molecule has 0 saturated heterocycles. The number of hydrogen-bond donors (Lipinski definition) is 1. The largest absolute Gasteiger partial charge is 0.480 e. The van der Waals surface area contributed by atoms with Crippen LogP contribution in [0.3, 0.4) is 0 Å². The Kier molecular flexibility index (Phi) is 3.22. The molecular formula is C12H14N4O2S. The first-order valence-electron chi connectivity index (χ1n) is 5.89. The van der Waals surface area contributed by atoms with E-state index in [9.17, 15) is 0 Å². The van der Waals surface area contributed by atoms with E-state index in [2.05, 4.69) is 15.5 Å². The fourth-order valence-corrected chi connectivity index (χ4v) is 2.67. The smallest absolute Gasteiger partial charge is 0.237 e. The number of ether oxygens (including phenoxy) is 1. The van der Waals surface area contributed by atoms with Gasteiger partial charge in [-0.25, -0.2) is 0 Å². The molecule has 0 aromatic carbocycles. The topological polar surface area (TPSA) is 64.6 Å². The van der Waals surface area contributed by atoms with Gasteiger partial charge in [0.2, 0.25) is 5.88 Å². The van der Waals surface area contributed by atoms with Gasteiger partial charge in [-0.05, 0) is 6.92 Å². The van der Waals surface area contributed by atoms with E-state index in [1.165, 1.54) is 0 Å². The molecule has 3 rings (SSSR count). The van der Waals surface area contributed by atoms with Crippen molar-refractivity contribution in [2.45, 2.75) is 20.0 Å². The van der Waals surface area contributed by atoms with Crippen molar-refractivity contribution in [2.24, 2.45) is 0 Å². The summed E-state index contributed by atoms with van der Waals surface area (Å²) in [6, 6.07) is 1.92. The highest BCUT2D eigenvalue weighted by atomic mass is 32.1. The van der Waals surface area contributed by atoms with Gasteiger partial charge >= 0.3 is 0 Å². The Bertz CT molecular complexity index is 685. The molecule has 7 heteroatoms. The molecule has 0 radical (unpaired) electrons. The molecule has 3 aromatic rings. The Morgan fingerprint density at radius 2 is 2.37 bits per heavy atom. The van der Waals surface area contributed by atoms with Crippen LogP contribution in [0.15, 0.2) is 22.2 Å². The molecule has 0 aliphatic heterocycles. The third-order valence-corrected chi connectivity index (χ3v) is 3.54. The van der Waals surface area contributed by atoms with E-state index < -0.39 is 0 Å². The fourth-order valence-electron chi connectivity index (χ4n) is 1.94. The van der Waals surface area contributed by atoms with Gasteiger partial charge in [0, 0.05) is 24.2 Å². The van der Waals surface area contributed by atoms with Gasteiger partial charge in [0.05, 0.1) is 19.3 Å². The molecular weight excluding hydrogens is 264 g/mol. The van der Waals surface area contributed by atoms with Gasteiger partial charge in [-0.3, -0.25) is 4.40 Å². The number of fused-ring (bicyclic) bond motifs is 1. The van der Waals surface area contributed by atoms with Crippen LogP contribution in [0, 0.1) is 6.92 Å². The number of thiazole rings is 1. The molecule has 0 aliphatic carbocycles. The van der Waals surface area contributed by atoms with Crippen LogP contribution in [0.25, 0.3) is 4.96 Å². The molecule has 0 spiro atoms. The molecule has 0 bridgehead atoms. The van der Waals surface area contributed by atoms with Gasteiger partial charge in [-0.1, -0.05) is 5.16 Å². The van der Waals surface area contributed by atoms with Gasteiger partial charge in [0.25, 0.3) is 0 Å². The maximum atomic E-state index is 5.29. The first-order valence-corrected chi connectivity index (χ1v) is 6.77. The molecule has 0 fully saturated rings. The molecule has 3 aromatic heterocycles. The zero-order chi connectivity index (χ0) is 13.2. The Labute approximate surface area is 114 Å². The first kappa shape index (κ1) is 12.2. The second-order valence-corrected chi connectivity index (χ2v) is 5.03. The Morgan fingerprint density at radius 1 is 1.47 bits per heavy atom. The minimum absolute atomic E-state index is 0.626. The lowest BCUT2D eigenvalue weighted by molar-refractivity contribution is 0.366. The maximum Gasteiger partial charge on any atom is 0.237 e. The van der Waals surface area contributed by atoms with Crippen LogP contribution in [-0.4, -0.2) is 21.7 Å². The Balaban J connectivity index is 1.72. The van der Waals surface area contributed by atoms with Crippen molar-refractivity contribution < 1.29 is 9.26 Å². The molecule has 0 amide bonds. The maximum absolute atomic E-state index is 5.29. The van der Waals surface area contributed by atoms with Gasteiger partial charge < -0.3 is 14.6 Å². The lowest BCUT2D eigenvalue weighted by atomic mass is 10.3. The number of methoxy groups -OCH3 is 1. The summed E-state index contributed by atoms with van der Waals surface area (Å²) in [7, 11) is 1.63. The summed E-state index contributed by atoms with van der Waals surface area (Å²) < 4.78 is 12.5. The highest BCUT2D eigenvalue weighted by Crippen LogP contribution is 2.22. The van der Waals surface area contributed by atoms with Crippen molar-refractivity contribution >= 4 is 16.3 Å².